The fourth-order valence-electron chi connectivity index (χ4n) is 3.05. The second-order valence-corrected chi connectivity index (χ2v) is 7.87. The lowest BCUT2D eigenvalue weighted by molar-refractivity contribution is -0.162. The van der Waals surface area contributed by atoms with E-state index in [4.69, 9.17) is 0 Å². The van der Waals surface area contributed by atoms with Crippen molar-refractivity contribution in [1.29, 1.82) is 0 Å². The van der Waals surface area contributed by atoms with Gasteiger partial charge in [0.2, 0.25) is 5.91 Å². The largest absolute Gasteiger partial charge is 0.417 e. The molecule has 1 unspecified atom stereocenters. The Hall–Kier alpha value is -3.51. The number of amides is 2. The molecule has 196 valence electrons. The highest BCUT2D eigenvalue weighted by Gasteiger charge is 2.43. The van der Waals surface area contributed by atoms with Crippen molar-refractivity contribution < 1.29 is 49.1 Å². The lowest BCUT2D eigenvalue weighted by Gasteiger charge is -2.22. The lowest BCUT2D eigenvalue weighted by Crippen LogP contribution is -2.37. The Labute approximate surface area is 199 Å². The van der Waals surface area contributed by atoms with Crippen LogP contribution in [0.3, 0.4) is 0 Å². The van der Waals surface area contributed by atoms with Crippen molar-refractivity contribution in [2.75, 3.05) is 0 Å². The van der Waals surface area contributed by atoms with E-state index in [-0.39, 0.29) is 11.6 Å². The molecule has 0 radical (unpaired) electrons. The van der Waals surface area contributed by atoms with Crippen molar-refractivity contribution in [3.63, 3.8) is 0 Å². The van der Waals surface area contributed by atoms with Gasteiger partial charge < -0.3 is 10.6 Å². The molecule has 2 amide bonds. The number of hydrogen-bond acceptors (Lipinski definition) is 2. The molecule has 4 nitrogen and oxygen atoms in total. The van der Waals surface area contributed by atoms with Gasteiger partial charge in [-0.05, 0) is 55.3 Å². The predicted octanol–water partition coefficient (Wildman–Crippen LogP) is 6.30. The summed E-state index contributed by atoms with van der Waals surface area (Å²) in [6.45, 7) is 3.07. The first-order valence-electron chi connectivity index (χ1n) is 10.1. The predicted molar refractivity (Wildman–Crippen MR) is 111 cm³/mol. The van der Waals surface area contributed by atoms with Crippen molar-refractivity contribution in [3.05, 3.63) is 76.4 Å². The van der Waals surface area contributed by atoms with Crippen LogP contribution in [0.25, 0.3) is 6.08 Å². The molecule has 2 aromatic rings. The monoisotopic (exact) mass is 526 g/mol. The average molecular weight is 526 g/mol. The molecule has 0 aliphatic rings. The molecule has 0 bridgehead atoms. The second kappa shape index (κ2) is 10.6. The number of nitrogens with one attached hydrogen (secondary N) is 2. The third-order valence-corrected chi connectivity index (χ3v) is 4.60. The number of carbonyl (C=O) groups is 2. The molecule has 0 fully saturated rings. The Balaban J connectivity index is 2.32. The number of carbonyl (C=O) groups excluding carboxylic acids is 2. The van der Waals surface area contributed by atoms with Gasteiger partial charge >= 0.3 is 18.5 Å². The number of benzene rings is 2. The van der Waals surface area contributed by atoms with Gasteiger partial charge in [-0.3, -0.25) is 9.59 Å². The van der Waals surface area contributed by atoms with Crippen molar-refractivity contribution in [2.45, 2.75) is 44.5 Å². The summed E-state index contributed by atoms with van der Waals surface area (Å²) in [7, 11) is 0. The Morgan fingerprint density at radius 3 is 2.00 bits per heavy atom. The summed E-state index contributed by atoms with van der Waals surface area (Å²) in [5, 5.41) is 3.82. The zero-order valence-corrected chi connectivity index (χ0v) is 18.6. The van der Waals surface area contributed by atoms with E-state index in [9.17, 15) is 49.1 Å². The van der Waals surface area contributed by atoms with Crippen LogP contribution in [0.15, 0.2) is 48.5 Å². The second-order valence-electron chi connectivity index (χ2n) is 7.87. The number of rotatable bonds is 6. The van der Waals surface area contributed by atoms with Gasteiger partial charge in [-0.1, -0.05) is 18.2 Å². The molecule has 0 saturated carbocycles. The van der Waals surface area contributed by atoms with Gasteiger partial charge in [0, 0.05) is 12.1 Å². The first kappa shape index (κ1) is 28.7. The molecule has 13 heteroatoms. The van der Waals surface area contributed by atoms with E-state index in [1.807, 2.05) is 0 Å². The normalized spacial score (nSPS) is 13.7. The standard InChI is InChI=1S/C23H19F9N2O2/c1-12(2)33-20(36)16-8-6-13(10-17(16)22(27,28)29)7-9-18(35)34-19(23(30,31)32)14-4-3-5-15(11-14)21(24,25)26/h3-12,19H,1-2H3,(H,33,36)(H,34,35). The summed E-state index contributed by atoms with van der Waals surface area (Å²) in [6.07, 6.45) is -13.8. The SMILES string of the molecule is CC(C)NC(=O)c1ccc(C=CC(=O)NC(c2cccc(C(F)(F)F)c2)C(F)(F)F)cc1C(F)(F)F. The van der Waals surface area contributed by atoms with Crippen molar-refractivity contribution in [1.82, 2.24) is 10.6 Å². The first-order valence-corrected chi connectivity index (χ1v) is 10.1. The van der Waals surface area contributed by atoms with E-state index in [0.717, 1.165) is 30.3 Å². The Kier molecular flexibility index (Phi) is 8.48. The first-order chi connectivity index (χ1) is 16.4. The van der Waals surface area contributed by atoms with E-state index >= 15 is 0 Å². The molecule has 0 aliphatic heterocycles. The average Bonchev–Trinajstić information content (AvgIpc) is 2.73. The van der Waals surface area contributed by atoms with E-state index < -0.39 is 64.7 Å². The molecule has 1 atom stereocenters. The molecule has 0 spiro atoms. The highest BCUT2D eigenvalue weighted by Crippen LogP contribution is 2.36. The molecule has 0 aliphatic carbocycles. The maximum atomic E-state index is 13.5. The summed E-state index contributed by atoms with van der Waals surface area (Å²) in [6, 6.07) is 1.43. The van der Waals surface area contributed by atoms with E-state index in [2.05, 4.69) is 5.32 Å². The van der Waals surface area contributed by atoms with Gasteiger partial charge in [0.15, 0.2) is 6.04 Å². The number of halogens is 9. The van der Waals surface area contributed by atoms with Crippen molar-refractivity contribution >= 4 is 17.9 Å². The molecule has 2 aromatic carbocycles. The molecule has 2 N–H and O–H groups in total. The Bertz CT molecular complexity index is 1130. The van der Waals surface area contributed by atoms with E-state index in [1.54, 1.807) is 0 Å². The van der Waals surface area contributed by atoms with Crippen LogP contribution < -0.4 is 10.6 Å². The van der Waals surface area contributed by atoms with Gasteiger partial charge in [0.1, 0.15) is 0 Å². The van der Waals surface area contributed by atoms with Crippen LogP contribution in [-0.2, 0) is 17.1 Å². The molecule has 36 heavy (non-hydrogen) atoms. The third-order valence-electron chi connectivity index (χ3n) is 4.60. The van der Waals surface area contributed by atoms with Crippen LogP contribution in [0, 0.1) is 0 Å². The van der Waals surface area contributed by atoms with Gasteiger partial charge in [-0.2, -0.15) is 39.5 Å². The fraction of sp³-hybridized carbons (Fsp3) is 0.304. The summed E-state index contributed by atoms with van der Waals surface area (Å²) < 4.78 is 119. The molecular weight excluding hydrogens is 507 g/mol. The van der Waals surface area contributed by atoms with Crippen LogP contribution >= 0.6 is 0 Å². The zero-order valence-electron chi connectivity index (χ0n) is 18.6. The summed E-state index contributed by atoms with van der Waals surface area (Å²) >= 11 is 0. The number of alkyl halides is 9. The third kappa shape index (κ3) is 7.75. The fourth-order valence-corrected chi connectivity index (χ4v) is 3.05. The van der Waals surface area contributed by atoms with Gasteiger partial charge in [0.25, 0.3) is 5.91 Å². The summed E-state index contributed by atoms with van der Waals surface area (Å²) in [5.41, 5.74) is -4.54. The van der Waals surface area contributed by atoms with Crippen LogP contribution in [0.5, 0.6) is 0 Å². The Morgan fingerprint density at radius 1 is 0.833 bits per heavy atom. The summed E-state index contributed by atoms with van der Waals surface area (Å²) in [5.74, 6) is -2.43. The Morgan fingerprint density at radius 2 is 1.47 bits per heavy atom. The quantitative estimate of drug-likeness (QED) is 0.343. The molecule has 0 heterocycles. The maximum absolute atomic E-state index is 13.5. The summed E-state index contributed by atoms with van der Waals surface area (Å²) in [4.78, 5) is 24.2. The minimum absolute atomic E-state index is 0.235. The molecule has 0 saturated heterocycles. The highest BCUT2D eigenvalue weighted by molar-refractivity contribution is 5.97. The van der Waals surface area contributed by atoms with Crippen LogP contribution in [0.2, 0.25) is 0 Å². The highest BCUT2D eigenvalue weighted by atomic mass is 19.4. The van der Waals surface area contributed by atoms with Crippen LogP contribution in [0.1, 0.15) is 52.5 Å². The van der Waals surface area contributed by atoms with Crippen molar-refractivity contribution in [3.8, 4) is 0 Å². The minimum atomic E-state index is -5.18. The molecule has 0 aromatic heterocycles. The minimum Gasteiger partial charge on any atom is -0.350 e. The smallest absolute Gasteiger partial charge is 0.350 e. The molecule has 2 rings (SSSR count). The van der Waals surface area contributed by atoms with Gasteiger partial charge in [-0.15, -0.1) is 0 Å². The lowest BCUT2D eigenvalue weighted by atomic mass is 10.0. The molecular formula is C23H19F9N2O2. The zero-order chi connectivity index (χ0) is 27.5. The van der Waals surface area contributed by atoms with Gasteiger partial charge in [0.05, 0.1) is 16.7 Å². The van der Waals surface area contributed by atoms with Crippen LogP contribution in [-0.4, -0.2) is 24.0 Å². The maximum Gasteiger partial charge on any atom is 0.417 e. The van der Waals surface area contributed by atoms with Gasteiger partial charge in [-0.25, -0.2) is 0 Å². The topological polar surface area (TPSA) is 58.2 Å². The van der Waals surface area contributed by atoms with Crippen LogP contribution in [0.4, 0.5) is 39.5 Å². The van der Waals surface area contributed by atoms with E-state index in [0.29, 0.717) is 18.2 Å². The number of hydrogen-bond donors (Lipinski definition) is 2. The van der Waals surface area contributed by atoms with Crippen molar-refractivity contribution in [2.24, 2.45) is 0 Å². The van der Waals surface area contributed by atoms with E-state index in [1.165, 1.54) is 19.2 Å².